The number of rotatable bonds is 1. The van der Waals surface area contributed by atoms with Crippen molar-refractivity contribution in [3.8, 4) is 0 Å². The molecule has 0 aliphatic carbocycles. The first kappa shape index (κ1) is 10.2. The quantitative estimate of drug-likeness (QED) is 0.719. The van der Waals surface area contributed by atoms with E-state index >= 15 is 0 Å². The van der Waals surface area contributed by atoms with Crippen molar-refractivity contribution in [1.29, 1.82) is 0 Å². The van der Waals surface area contributed by atoms with Crippen LogP contribution in [0.25, 0.3) is 6.08 Å². The Bertz CT molecular complexity index is 422. The number of halogens is 1. The lowest BCUT2D eigenvalue weighted by Crippen LogP contribution is -2.00. The van der Waals surface area contributed by atoms with Crippen LogP contribution in [0, 0.1) is 0 Å². The summed E-state index contributed by atoms with van der Waals surface area (Å²) >= 11 is 5.96. The van der Waals surface area contributed by atoms with Crippen molar-refractivity contribution in [3.63, 3.8) is 0 Å². The number of nitrogens with zero attached hydrogens (tertiary/aromatic N) is 1. The Labute approximate surface area is 94.7 Å². The molecule has 0 unspecified atom stereocenters. The van der Waals surface area contributed by atoms with Gasteiger partial charge in [0.25, 0.3) is 0 Å². The van der Waals surface area contributed by atoms with E-state index in [-0.39, 0.29) is 0 Å². The molecule has 1 aromatic carbocycles. The summed E-state index contributed by atoms with van der Waals surface area (Å²) in [6.45, 7) is 2.84. The molecular formula is C12H13ClN2. The van der Waals surface area contributed by atoms with Crippen molar-refractivity contribution in [3.05, 3.63) is 34.5 Å². The molecule has 0 spiro atoms. The highest BCUT2D eigenvalue weighted by molar-refractivity contribution is 6.30. The second-order valence-corrected chi connectivity index (χ2v) is 3.87. The predicted octanol–water partition coefficient (Wildman–Crippen LogP) is 3.59. The van der Waals surface area contributed by atoms with E-state index in [9.17, 15) is 0 Å². The SMILES string of the molecule is CC=NC1=Cc2cc(Cl)ccc2NCC1. The fourth-order valence-electron chi connectivity index (χ4n) is 1.66. The molecule has 1 heterocycles. The average molecular weight is 221 g/mol. The van der Waals surface area contributed by atoms with Crippen molar-refractivity contribution >= 4 is 29.6 Å². The monoisotopic (exact) mass is 220 g/mol. The van der Waals surface area contributed by atoms with E-state index in [1.54, 1.807) is 0 Å². The van der Waals surface area contributed by atoms with Crippen LogP contribution >= 0.6 is 11.6 Å². The van der Waals surface area contributed by atoms with Crippen LogP contribution in [0.3, 0.4) is 0 Å². The van der Waals surface area contributed by atoms with Gasteiger partial charge in [-0.15, -0.1) is 0 Å². The first-order valence-corrected chi connectivity index (χ1v) is 5.40. The minimum atomic E-state index is 0.758. The lowest BCUT2D eigenvalue weighted by molar-refractivity contribution is 0.998. The molecule has 1 aliphatic heterocycles. The number of benzene rings is 1. The molecule has 1 aliphatic rings. The molecule has 3 heteroatoms. The van der Waals surface area contributed by atoms with Gasteiger partial charge in [0.05, 0.1) is 0 Å². The number of fused-ring (bicyclic) bond motifs is 1. The van der Waals surface area contributed by atoms with E-state index in [4.69, 9.17) is 11.6 Å². The number of nitrogens with one attached hydrogen (secondary N) is 1. The zero-order valence-electron chi connectivity index (χ0n) is 8.63. The molecular weight excluding hydrogens is 208 g/mol. The Morgan fingerprint density at radius 2 is 2.33 bits per heavy atom. The van der Waals surface area contributed by atoms with E-state index in [0.29, 0.717) is 0 Å². The van der Waals surface area contributed by atoms with Crippen molar-refractivity contribution in [2.45, 2.75) is 13.3 Å². The third kappa shape index (κ3) is 2.39. The molecule has 0 aromatic heterocycles. The molecule has 0 saturated carbocycles. The minimum Gasteiger partial charge on any atom is -0.384 e. The minimum absolute atomic E-state index is 0.758. The Morgan fingerprint density at radius 3 is 3.13 bits per heavy atom. The summed E-state index contributed by atoms with van der Waals surface area (Å²) in [7, 11) is 0. The molecule has 0 fully saturated rings. The maximum Gasteiger partial charge on any atom is 0.0423 e. The second kappa shape index (κ2) is 4.49. The van der Waals surface area contributed by atoms with Crippen LogP contribution in [0.1, 0.15) is 18.9 Å². The van der Waals surface area contributed by atoms with Gasteiger partial charge in [-0.25, -0.2) is 0 Å². The fraction of sp³-hybridized carbons (Fsp3) is 0.250. The van der Waals surface area contributed by atoms with Crippen LogP contribution in [0.15, 0.2) is 28.9 Å². The smallest absolute Gasteiger partial charge is 0.0423 e. The van der Waals surface area contributed by atoms with Crippen LogP contribution in [-0.4, -0.2) is 12.8 Å². The summed E-state index contributed by atoms with van der Waals surface area (Å²) in [6, 6.07) is 5.86. The zero-order valence-corrected chi connectivity index (χ0v) is 9.38. The lowest BCUT2D eigenvalue weighted by atomic mass is 10.1. The summed E-state index contributed by atoms with van der Waals surface area (Å²) < 4.78 is 0. The van der Waals surface area contributed by atoms with Gasteiger partial charge in [-0.2, -0.15) is 0 Å². The predicted molar refractivity (Wildman–Crippen MR) is 66.7 cm³/mol. The molecule has 1 N–H and O–H groups in total. The summed E-state index contributed by atoms with van der Waals surface area (Å²) in [4.78, 5) is 4.33. The molecule has 0 bridgehead atoms. The summed E-state index contributed by atoms with van der Waals surface area (Å²) in [6.07, 6.45) is 4.85. The van der Waals surface area contributed by atoms with Crippen LogP contribution in [-0.2, 0) is 0 Å². The highest BCUT2D eigenvalue weighted by Gasteiger charge is 2.07. The maximum absolute atomic E-state index is 5.96. The number of hydrogen-bond donors (Lipinski definition) is 1. The average Bonchev–Trinajstić information content (AvgIpc) is 2.39. The van der Waals surface area contributed by atoms with E-state index in [2.05, 4.69) is 16.4 Å². The van der Waals surface area contributed by atoms with Crippen molar-refractivity contribution in [2.75, 3.05) is 11.9 Å². The summed E-state index contributed by atoms with van der Waals surface area (Å²) in [5.41, 5.74) is 3.33. The summed E-state index contributed by atoms with van der Waals surface area (Å²) in [5, 5.41) is 4.11. The van der Waals surface area contributed by atoms with E-state index in [1.807, 2.05) is 31.3 Å². The van der Waals surface area contributed by atoms with Gasteiger partial charge >= 0.3 is 0 Å². The highest BCUT2D eigenvalue weighted by atomic mass is 35.5. The van der Waals surface area contributed by atoms with Gasteiger partial charge in [0.15, 0.2) is 0 Å². The normalized spacial score (nSPS) is 15.5. The Kier molecular flexibility index (Phi) is 3.07. The zero-order chi connectivity index (χ0) is 10.7. The molecule has 2 rings (SSSR count). The van der Waals surface area contributed by atoms with Gasteiger partial charge in [-0.3, -0.25) is 4.99 Å². The van der Waals surface area contributed by atoms with E-state index in [1.165, 1.54) is 0 Å². The first-order valence-electron chi connectivity index (χ1n) is 5.02. The molecule has 78 valence electrons. The largest absolute Gasteiger partial charge is 0.384 e. The number of aliphatic imine (C=N–C) groups is 1. The first-order chi connectivity index (χ1) is 7.29. The molecule has 2 nitrogen and oxygen atoms in total. The van der Waals surface area contributed by atoms with Crippen molar-refractivity contribution in [1.82, 2.24) is 0 Å². The molecule has 0 saturated heterocycles. The van der Waals surface area contributed by atoms with Crippen LogP contribution in [0.5, 0.6) is 0 Å². The Morgan fingerprint density at radius 1 is 1.47 bits per heavy atom. The van der Waals surface area contributed by atoms with Gasteiger partial charge in [-0.05, 0) is 31.2 Å². The number of anilines is 1. The Balaban J connectivity index is 2.43. The fourth-order valence-corrected chi connectivity index (χ4v) is 1.84. The van der Waals surface area contributed by atoms with Crippen molar-refractivity contribution < 1.29 is 0 Å². The maximum atomic E-state index is 5.96. The van der Waals surface area contributed by atoms with Crippen LogP contribution in [0.2, 0.25) is 5.02 Å². The second-order valence-electron chi connectivity index (χ2n) is 3.43. The molecule has 0 radical (unpaired) electrons. The third-order valence-corrected chi connectivity index (χ3v) is 2.56. The van der Waals surface area contributed by atoms with Crippen LogP contribution in [0.4, 0.5) is 5.69 Å². The number of hydrogen-bond acceptors (Lipinski definition) is 2. The Hall–Kier alpha value is -1.28. The summed E-state index contributed by atoms with van der Waals surface area (Å²) in [5.74, 6) is 0. The van der Waals surface area contributed by atoms with Gasteiger partial charge in [0.1, 0.15) is 0 Å². The molecule has 0 atom stereocenters. The lowest BCUT2D eigenvalue weighted by Gasteiger charge is -2.05. The third-order valence-electron chi connectivity index (χ3n) is 2.33. The van der Waals surface area contributed by atoms with Crippen LogP contribution < -0.4 is 5.32 Å². The molecule has 0 amide bonds. The highest BCUT2D eigenvalue weighted by Crippen LogP contribution is 2.26. The van der Waals surface area contributed by atoms with Gasteiger partial charge < -0.3 is 5.32 Å². The topological polar surface area (TPSA) is 24.4 Å². The standard InChI is InChI=1S/C12H13ClN2/c1-2-14-11-5-6-15-12-4-3-10(13)7-9(12)8-11/h2-4,7-8,15H,5-6H2,1H3. The molecule has 15 heavy (non-hydrogen) atoms. The molecule has 1 aromatic rings. The van der Waals surface area contributed by atoms with Gasteiger partial charge in [0, 0.05) is 41.2 Å². The van der Waals surface area contributed by atoms with E-state index in [0.717, 1.165) is 34.9 Å². The van der Waals surface area contributed by atoms with Crippen molar-refractivity contribution in [2.24, 2.45) is 4.99 Å². The van der Waals surface area contributed by atoms with E-state index < -0.39 is 0 Å². The van der Waals surface area contributed by atoms with Gasteiger partial charge in [-0.1, -0.05) is 11.6 Å². The van der Waals surface area contributed by atoms with Gasteiger partial charge in [0.2, 0.25) is 0 Å².